The van der Waals surface area contributed by atoms with Crippen molar-refractivity contribution in [3.63, 3.8) is 0 Å². The Hall–Kier alpha value is -1.30. The number of nitrogens with zero attached hydrogens (tertiary/aromatic N) is 1. The third-order valence-corrected chi connectivity index (χ3v) is 5.51. The molecule has 2 N–H and O–H groups in total. The fraction of sp³-hybridized carbons (Fsp3) is 0.632. The molecule has 0 spiro atoms. The van der Waals surface area contributed by atoms with E-state index in [-0.39, 0.29) is 18.6 Å². The van der Waals surface area contributed by atoms with Crippen molar-refractivity contribution >= 4 is 17.5 Å². The van der Waals surface area contributed by atoms with Crippen LogP contribution >= 0.6 is 11.6 Å². The quantitative estimate of drug-likeness (QED) is 0.779. The van der Waals surface area contributed by atoms with Crippen LogP contribution in [0.5, 0.6) is 5.75 Å². The molecule has 1 saturated carbocycles. The number of nitrogens with one attached hydrogen (secondary N) is 2. The summed E-state index contributed by atoms with van der Waals surface area (Å²) < 4.78 is 5.51. The highest BCUT2D eigenvalue weighted by Gasteiger charge is 2.34. The number of piperidine rings is 1. The Morgan fingerprint density at radius 2 is 2.00 bits per heavy atom. The number of hydrogen-bond donors (Lipinski definition) is 2. The maximum absolute atomic E-state index is 12.1. The second kappa shape index (κ2) is 8.88. The first-order valence-corrected chi connectivity index (χ1v) is 9.68. The molecule has 2 atom stereocenters. The summed E-state index contributed by atoms with van der Waals surface area (Å²) >= 11 is 5.91. The van der Waals surface area contributed by atoms with E-state index in [0.29, 0.717) is 22.9 Å². The molecule has 138 valence electrons. The van der Waals surface area contributed by atoms with Crippen molar-refractivity contribution in [2.75, 3.05) is 26.2 Å². The SMILES string of the molecule is CCN1CCC(N[C@@H]2CC[C@@H]2NC(=O)COc2cccc(Cl)c2)CC1. The standard InChI is InChI=1S/C19H28ClN3O2/c1-2-23-10-8-15(9-11-23)21-17-6-7-18(17)22-19(24)13-25-16-5-3-4-14(20)12-16/h3-5,12,15,17-18,21H,2,6-11,13H2,1H3,(H,22,24)/t17-,18+/m1/s1. The molecule has 1 saturated heterocycles. The van der Waals surface area contributed by atoms with Gasteiger partial charge in [0, 0.05) is 23.1 Å². The minimum Gasteiger partial charge on any atom is -0.484 e. The fourth-order valence-corrected chi connectivity index (χ4v) is 3.73. The second-order valence-corrected chi connectivity index (χ2v) is 7.42. The molecule has 1 aromatic carbocycles. The fourth-order valence-electron chi connectivity index (χ4n) is 3.54. The van der Waals surface area contributed by atoms with Crippen molar-refractivity contribution in [3.05, 3.63) is 29.3 Å². The lowest BCUT2D eigenvalue weighted by Crippen LogP contribution is -2.60. The summed E-state index contributed by atoms with van der Waals surface area (Å²) in [5, 5.41) is 7.43. The van der Waals surface area contributed by atoms with Gasteiger partial charge >= 0.3 is 0 Å². The maximum atomic E-state index is 12.1. The van der Waals surface area contributed by atoms with Crippen molar-refractivity contribution in [2.45, 2.75) is 50.7 Å². The van der Waals surface area contributed by atoms with Crippen LogP contribution in [0.3, 0.4) is 0 Å². The molecule has 1 aliphatic heterocycles. The van der Waals surface area contributed by atoms with Gasteiger partial charge in [0.1, 0.15) is 5.75 Å². The molecular weight excluding hydrogens is 338 g/mol. The zero-order chi connectivity index (χ0) is 17.6. The van der Waals surface area contributed by atoms with E-state index in [1.54, 1.807) is 18.2 Å². The molecule has 6 heteroatoms. The Bertz CT molecular complexity index is 576. The van der Waals surface area contributed by atoms with E-state index in [2.05, 4.69) is 22.5 Å². The predicted molar refractivity (Wildman–Crippen MR) is 100 cm³/mol. The van der Waals surface area contributed by atoms with E-state index < -0.39 is 0 Å². The zero-order valence-electron chi connectivity index (χ0n) is 14.8. The van der Waals surface area contributed by atoms with E-state index in [9.17, 15) is 4.79 Å². The molecule has 0 unspecified atom stereocenters. The van der Waals surface area contributed by atoms with Gasteiger partial charge in [0.2, 0.25) is 0 Å². The van der Waals surface area contributed by atoms with Crippen molar-refractivity contribution in [2.24, 2.45) is 0 Å². The monoisotopic (exact) mass is 365 g/mol. The van der Waals surface area contributed by atoms with Gasteiger partial charge < -0.3 is 20.3 Å². The molecule has 25 heavy (non-hydrogen) atoms. The summed E-state index contributed by atoms with van der Waals surface area (Å²) in [6.45, 7) is 5.73. The molecule has 1 amide bonds. The van der Waals surface area contributed by atoms with Crippen LogP contribution < -0.4 is 15.4 Å². The van der Waals surface area contributed by atoms with E-state index in [1.165, 1.54) is 25.9 Å². The number of benzene rings is 1. The Morgan fingerprint density at radius 3 is 2.64 bits per heavy atom. The third-order valence-electron chi connectivity index (χ3n) is 5.27. The molecule has 0 bridgehead atoms. The van der Waals surface area contributed by atoms with Crippen LogP contribution in [0.1, 0.15) is 32.6 Å². The zero-order valence-corrected chi connectivity index (χ0v) is 15.6. The van der Waals surface area contributed by atoms with Crippen molar-refractivity contribution in [1.82, 2.24) is 15.5 Å². The van der Waals surface area contributed by atoms with Gasteiger partial charge in [-0.05, 0) is 63.5 Å². The molecule has 1 heterocycles. The Morgan fingerprint density at radius 1 is 1.24 bits per heavy atom. The first-order chi connectivity index (χ1) is 12.1. The Labute approximate surface area is 155 Å². The van der Waals surface area contributed by atoms with Gasteiger partial charge in [-0.25, -0.2) is 0 Å². The molecule has 0 radical (unpaired) electrons. The van der Waals surface area contributed by atoms with Crippen LogP contribution in [0.15, 0.2) is 24.3 Å². The molecular formula is C19H28ClN3O2. The van der Waals surface area contributed by atoms with Crippen LogP contribution in [0, 0.1) is 0 Å². The highest BCUT2D eigenvalue weighted by molar-refractivity contribution is 6.30. The minimum atomic E-state index is -0.0720. The number of ether oxygens (including phenoxy) is 1. The van der Waals surface area contributed by atoms with Crippen molar-refractivity contribution in [3.8, 4) is 5.75 Å². The number of likely N-dealkylation sites (tertiary alicyclic amines) is 1. The van der Waals surface area contributed by atoms with Crippen molar-refractivity contribution in [1.29, 1.82) is 0 Å². The van der Waals surface area contributed by atoms with Gasteiger partial charge in [-0.15, -0.1) is 0 Å². The lowest BCUT2D eigenvalue weighted by Gasteiger charge is -2.42. The van der Waals surface area contributed by atoms with E-state index in [4.69, 9.17) is 16.3 Å². The summed E-state index contributed by atoms with van der Waals surface area (Å²) in [4.78, 5) is 14.6. The van der Waals surface area contributed by atoms with Crippen LogP contribution in [-0.4, -0.2) is 55.2 Å². The lowest BCUT2D eigenvalue weighted by atomic mass is 9.85. The summed E-state index contributed by atoms with van der Waals surface area (Å²) in [7, 11) is 0. The second-order valence-electron chi connectivity index (χ2n) is 6.98. The first-order valence-electron chi connectivity index (χ1n) is 9.30. The average Bonchev–Trinajstić information content (AvgIpc) is 2.62. The molecule has 1 aliphatic carbocycles. The minimum absolute atomic E-state index is 0.0262. The normalized spacial score (nSPS) is 24.6. The Kier molecular flexibility index (Phi) is 6.57. The Balaban J connectivity index is 1.37. The summed E-state index contributed by atoms with van der Waals surface area (Å²) in [6.07, 6.45) is 4.56. The molecule has 5 nitrogen and oxygen atoms in total. The van der Waals surface area contributed by atoms with E-state index >= 15 is 0 Å². The molecule has 2 fully saturated rings. The highest BCUT2D eigenvalue weighted by atomic mass is 35.5. The van der Waals surface area contributed by atoms with Crippen LogP contribution in [-0.2, 0) is 4.79 Å². The number of hydrogen-bond acceptors (Lipinski definition) is 4. The number of rotatable bonds is 7. The summed E-state index contributed by atoms with van der Waals surface area (Å²) in [6, 6.07) is 8.30. The smallest absolute Gasteiger partial charge is 0.258 e. The molecule has 2 aliphatic rings. The van der Waals surface area contributed by atoms with Crippen LogP contribution in [0.2, 0.25) is 5.02 Å². The van der Waals surface area contributed by atoms with Crippen molar-refractivity contribution < 1.29 is 9.53 Å². The van der Waals surface area contributed by atoms with Crippen LogP contribution in [0.25, 0.3) is 0 Å². The van der Waals surface area contributed by atoms with E-state index in [1.807, 2.05) is 6.07 Å². The molecule has 3 rings (SSSR count). The van der Waals surface area contributed by atoms with Crippen LogP contribution in [0.4, 0.5) is 0 Å². The number of carbonyl (C=O) groups excluding carboxylic acids is 1. The molecule has 1 aromatic rings. The largest absolute Gasteiger partial charge is 0.484 e. The maximum Gasteiger partial charge on any atom is 0.258 e. The predicted octanol–water partition coefficient (Wildman–Crippen LogP) is 2.44. The number of carbonyl (C=O) groups is 1. The van der Waals surface area contributed by atoms with Gasteiger partial charge in [-0.3, -0.25) is 4.79 Å². The summed E-state index contributed by atoms with van der Waals surface area (Å²) in [5.41, 5.74) is 0. The highest BCUT2D eigenvalue weighted by Crippen LogP contribution is 2.23. The lowest BCUT2D eigenvalue weighted by molar-refractivity contribution is -0.124. The molecule has 0 aromatic heterocycles. The van der Waals surface area contributed by atoms with Gasteiger partial charge in [0.15, 0.2) is 6.61 Å². The topological polar surface area (TPSA) is 53.6 Å². The average molecular weight is 366 g/mol. The van der Waals surface area contributed by atoms with Gasteiger partial charge in [0.05, 0.1) is 0 Å². The number of halogens is 1. The number of amides is 1. The van der Waals surface area contributed by atoms with Gasteiger partial charge in [0.25, 0.3) is 5.91 Å². The van der Waals surface area contributed by atoms with Gasteiger partial charge in [-0.1, -0.05) is 24.6 Å². The van der Waals surface area contributed by atoms with Gasteiger partial charge in [-0.2, -0.15) is 0 Å². The van der Waals surface area contributed by atoms with E-state index in [0.717, 1.165) is 19.4 Å². The first kappa shape index (κ1) is 18.5. The third kappa shape index (κ3) is 5.33. The summed E-state index contributed by atoms with van der Waals surface area (Å²) in [5.74, 6) is 0.547.